The van der Waals surface area contributed by atoms with Gasteiger partial charge in [0.25, 0.3) is 0 Å². The van der Waals surface area contributed by atoms with Crippen LogP contribution in [0.5, 0.6) is 0 Å². The summed E-state index contributed by atoms with van der Waals surface area (Å²) in [5.74, 6) is 0.619. The Bertz CT molecular complexity index is 276. The van der Waals surface area contributed by atoms with Crippen LogP contribution in [0.2, 0.25) is 0 Å². The minimum atomic E-state index is 0.553. The lowest BCUT2D eigenvalue weighted by atomic mass is 10.0. The highest BCUT2D eigenvalue weighted by atomic mass is 14.9. The highest BCUT2D eigenvalue weighted by Crippen LogP contribution is 2.15. The van der Waals surface area contributed by atoms with Crippen molar-refractivity contribution >= 4 is 0 Å². The number of nitrogens with one attached hydrogen (secondary N) is 1. The van der Waals surface area contributed by atoms with E-state index in [4.69, 9.17) is 0 Å². The first-order valence-electron chi connectivity index (χ1n) is 5.42. The lowest BCUT2D eigenvalue weighted by Gasteiger charge is -2.10. The molecule has 1 heteroatoms. The molecule has 0 radical (unpaired) electrons. The smallest absolute Gasteiger partial charge is 0.0207 e. The van der Waals surface area contributed by atoms with Crippen molar-refractivity contribution in [2.45, 2.75) is 46.2 Å². The van der Waals surface area contributed by atoms with Crippen LogP contribution < -0.4 is 5.32 Å². The summed E-state index contributed by atoms with van der Waals surface area (Å²) in [6, 6.07) is 9.37. The van der Waals surface area contributed by atoms with Gasteiger partial charge in [0.2, 0.25) is 0 Å². The molecular weight excluding hydrogens is 170 g/mol. The van der Waals surface area contributed by atoms with Crippen molar-refractivity contribution in [1.82, 2.24) is 5.32 Å². The fraction of sp³-hybridized carbons (Fsp3) is 0.538. The standard InChI is InChI=1S/C13H21N/c1-10(2)13-7-5-6-12(8-13)9-14-11(3)4/h5-8,10-11,14H,9H2,1-4H3. The molecule has 0 bridgehead atoms. The van der Waals surface area contributed by atoms with Crippen molar-refractivity contribution in [3.05, 3.63) is 35.4 Å². The predicted molar refractivity (Wildman–Crippen MR) is 62.5 cm³/mol. The quantitative estimate of drug-likeness (QED) is 0.770. The zero-order valence-corrected chi connectivity index (χ0v) is 9.67. The maximum atomic E-state index is 3.43. The van der Waals surface area contributed by atoms with Crippen molar-refractivity contribution in [3.63, 3.8) is 0 Å². The van der Waals surface area contributed by atoms with Gasteiger partial charge in [-0.2, -0.15) is 0 Å². The van der Waals surface area contributed by atoms with Crippen LogP contribution in [0.25, 0.3) is 0 Å². The summed E-state index contributed by atoms with van der Waals surface area (Å²) in [4.78, 5) is 0. The Morgan fingerprint density at radius 1 is 1.14 bits per heavy atom. The lowest BCUT2D eigenvalue weighted by molar-refractivity contribution is 0.588. The first-order chi connectivity index (χ1) is 6.59. The number of hydrogen-bond donors (Lipinski definition) is 1. The number of benzene rings is 1. The summed E-state index contributed by atoms with van der Waals surface area (Å²) < 4.78 is 0. The summed E-state index contributed by atoms with van der Waals surface area (Å²) in [5, 5.41) is 3.43. The molecule has 78 valence electrons. The van der Waals surface area contributed by atoms with Gasteiger partial charge in [0.15, 0.2) is 0 Å². The molecular formula is C13H21N. The topological polar surface area (TPSA) is 12.0 Å². The van der Waals surface area contributed by atoms with Gasteiger partial charge in [-0.25, -0.2) is 0 Å². The predicted octanol–water partition coefficient (Wildman–Crippen LogP) is 3.31. The van der Waals surface area contributed by atoms with E-state index in [9.17, 15) is 0 Å². The van der Waals surface area contributed by atoms with Crippen LogP contribution in [-0.2, 0) is 6.54 Å². The molecule has 1 rings (SSSR count). The summed E-state index contributed by atoms with van der Waals surface area (Å²) in [6.07, 6.45) is 0. The van der Waals surface area contributed by atoms with Gasteiger partial charge in [-0.15, -0.1) is 0 Å². The Kier molecular flexibility index (Phi) is 4.15. The molecule has 0 saturated heterocycles. The van der Waals surface area contributed by atoms with Gasteiger partial charge < -0.3 is 5.32 Å². The van der Waals surface area contributed by atoms with Crippen molar-refractivity contribution in [1.29, 1.82) is 0 Å². The first kappa shape index (κ1) is 11.3. The van der Waals surface area contributed by atoms with E-state index >= 15 is 0 Å². The SMILES string of the molecule is CC(C)NCc1cccc(C(C)C)c1. The summed E-state index contributed by atoms with van der Waals surface area (Å²) >= 11 is 0. The van der Waals surface area contributed by atoms with Crippen molar-refractivity contribution in [2.75, 3.05) is 0 Å². The fourth-order valence-electron chi connectivity index (χ4n) is 1.38. The largest absolute Gasteiger partial charge is 0.310 e. The molecule has 1 N–H and O–H groups in total. The number of hydrogen-bond acceptors (Lipinski definition) is 1. The minimum absolute atomic E-state index is 0.553. The van der Waals surface area contributed by atoms with Gasteiger partial charge in [0, 0.05) is 12.6 Å². The van der Waals surface area contributed by atoms with Gasteiger partial charge in [-0.05, 0) is 17.0 Å². The molecule has 0 amide bonds. The lowest BCUT2D eigenvalue weighted by Crippen LogP contribution is -2.21. The van der Waals surface area contributed by atoms with E-state index in [-0.39, 0.29) is 0 Å². The summed E-state index contributed by atoms with van der Waals surface area (Å²) in [7, 11) is 0. The molecule has 1 aromatic carbocycles. The average molecular weight is 191 g/mol. The highest BCUT2D eigenvalue weighted by Gasteiger charge is 2.00. The Morgan fingerprint density at radius 2 is 1.86 bits per heavy atom. The van der Waals surface area contributed by atoms with Crippen LogP contribution in [0, 0.1) is 0 Å². The first-order valence-corrected chi connectivity index (χ1v) is 5.42. The molecule has 0 aromatic heterocycles. The number of rotatable bonds is 4. The van der Waals surface area contributed by atoms with Crippen molar-refractivity contribution in [2.24, 2.45) is 0 Å². The molecule has 0 saturated carbocycles. The van der Waals surface area contributed by atoms with Crippen LogP contribution in [0.1, 0.15) is 44.7 Å². The van der Waals surface area contributed by atoms with Gasteiger partial charge in [-0.3, -0.25) is 0 Å². The van der Waals surface area contributed by atoms with Crippen LogP contribution in [0.4, 0.5) is 0 Å². The van der Waals surface area contributed by atoms with Gasteiger partial charge in [0.05, 0.1) is 0 Å². The van der Waals surface area contributed by atoms with E-state index < -0.39 is 0 Å². The molecule has 0 aliphatic rings. The van der Waals surface area contributed by atoms with Crippen LogP contribution >= 0.6 is 0 Å². The minimum Gasteiger partial charge on any atom is -0.310 e. The van der Waals surface area contributed by atoms with E-state index in [0.717, 1.165) is 6.54 Å². The van der Waals surface area contributed by atoms with E-state index in [1.807, 2.05) is 0 Å². The van der Waals surface area contributed by atoms with Crippen molar-refractivity contribution in [3.8, 4) is 0 Å². The molecule has 0 heterocycles. The second-order valence-corrected chi connectivity index (χ2v) is 4.44. The fourth-order valence-corrected chi connectivity index (χ4v) is 1.38. The second kappa shape index (κ2) is 5.16. The maximum Gasteiger partial charge on any atom is 0.0207 e. The Morgan fingerprint density at radius 3 is 2.43 bits per heavy atom. The second-order valence-electron chi connectivity index (χ2n) is 4.44. The zero-order valence-electron chi connectivity index (χ0n) is 9.67. The normalized spacial score (nSPS) is 11.3. The third-order valence-corrected chi connectivity index (χ3v) is 2.33. The Balaban J connectivity index is 2.64. The van der Waals surface area contributed by atoms with Crippen LogP contribution in [0.3, 0.4) is 0 Å². The van der Waals surface area contributed by atoms with E-state index in [0.29, 0.717) is 12.0 Å². The summed E-state index contributed by atoms with van der Waals surface area (Å²) in [5.41, 5.74) is 2.80. The van der Waals surface area contributed by atoms with E-state index in [1.165, 1.54) is 11.1 Å². The zero-order chi connectivity index (χ0) is 10.6. The molecule has 0 aliphatic heterocycles. The van der Waals surface area contributed by atoms with E-state index in [2.05, 4.69) is 57.3 Å². The third kappa shape index (κ3) is 3.51. The summed E-state index contributed by atoms with van der Waals surface area (Å²) in [6.45, 7) is 9.78. The third-order valence-electron chi connectivity index (χ3n) is 2.33. The maximum absolute atomic E-state index is 3.43. The molecule has 0 unspecified atom stereocenters. The molecule has 14 heavy (non-hydrogen) atoms. The monoisotopic (exact) mass is 191 g/mol. The Hall–Kier alpha value is -0.820. The highest BCUT2D eigenvalue weighted by molar-refractivity contribution is 5.25. The van der Waals surface area contributed by atoms with Crippen molar-refractivity contribution < 1.29 is 0 Å². The van der Waals surface area contributed by atoms with Gasteiger partial charge in [-0.1, -0.05) is 52.0 Å². The molecule has 0 fully saturated rings. The Labute approximate surface area is 87.5 Å². The molecule has 0 spiro atoms. The van der Waals surface area contributed by atoms with E-state index in [1.54, 1.807) is 0 Å². The van der Waals surface area contributed by atoms with Gasteiger partial charge in [0.1, 0.15) is 0 Å². The molecule has 1 nitrogen and oxygen atoms in total. The van der Waals surface area contributed by atoms with Crippen LogP contribution in [0.15, 0.2) is 24.3 Å². The molecule has 0 atom stereocenters. The molecule has 0 aliphatic carbocycles. The van der Waals surface area contributed by atoms with Gasteiger partial charge >= 0.3 is 0 Å². The molecule has 1 aromatic rings. The van der Waals surface area contributed by atoms with Crippen LogP contribution in [-0.4, -0.2) is 6.04 Å². The average Bonchev–Trinajstić information content (AvgIpc) is 2.15.